The smallest absolute Gasteiger partial charge is 0.0476 e. The Morgan fingerprint density at radius 2 is 1.90 bits per heavy atom. The van der Waals surface area contributed by atoms with E-state index in [2.05, 4.69) is 61.3 Å². The molecule has 0 amide bonds. The van der Waals surface area contributed by atoms with Crippen LogP contribution in [0.15, 0.2) is 30.3 Å². The Morgan fingerprint density at radius 3 is 2.50 bits per heavy atom. The maximum absolute atomic E-state index is 3.73. The van der Waals surface area contributed by atoms with Crippen molar-refractivity contribution < 1.29 is 0 Å². The van der Waals surface area contributed by atoms with Crippen LogP contribution in [0.25, 0.3) is 0 Å². The highest BCUT2D eigenvalue weighted by molar-refractivity contribution is 5.21. The van der Waals surface area contributed by atoms with Crippen LogP contribution in [-0.2, 0) is 0 Å². The lowest BCUT2D eigenvalue weighted by Gasteiger charge is -2.50. The zero-order chi connectivity index (χ0) is 14.2. The van der Waals surface area contributed by atoms with E-state index in [0.29, 0.717) is 12.1 Å². The Kier molecular flexibility index (Phi) is 3.87. The molecule has 1 aromatic rings. The molecule has 2 heteroatoms. The number of nitrogens with zero attached hydrogens (tertiary/aromatic N) is 1. The lowest BCUT2D eigenvalue weighted by molar-refractivity contribution is 0.0166. The average molecular weight is 272 g/mol. The molecule has 2 fully saturated rings. The Hall–Kier alpha value is -0.860. The van der Waals surface area contributed by atoms with E-state index in [1.807, 2.05) is 0 Å². The van der Waals surface area contributed by atoms with Crippen LogP contribution >= 0.6 is 0 Å². The second kappa shape index (κ2) is 5.50. The first-order valence-corrected chi connectivity index (χ1v) is 8.12. The Morgan fingerprint density at radius 1 is 1.20 bits per heavy atom. The largest absolute Gasteiger partial charge is 0.309 e. The molecular formula is C18H28N2. The zero-order valence-electron chi connectivity index (χ0n) is 13.1. The van der Waals surface area contributed by atoms with Gasteiger partial charge in [-0.05, 0) is 45.1 Å². The molecule has 3 rings (SSSR count). The van der Waals surface area contributed by atoms with Crippen molar-refractivity contribution in [3.8, 4) is 0 Å². The summed E-state index contributed by atoms with van der Waals surface area (Å²) in [5.74, 6) is 0.912. The van der Waals surface area contributed by atoms with Crippen LogP contribution < -0.4 is 5.32 Å². The fourth-order valence-electron chi connectivity index (χ4n) is 3.72. The van der Waals surface area contributed by atoms with Crippen LogP contribution in [0.4, 0.5) is 0 Å². The van der Waals surface area contributed by atoms with Crippen molar-refractivity contribution in [2.45, 2.75) is 57.7 Å². The van der Waals surface area contributed by atoms with Crippen LogP contribution in [-0.4, -0.2) is 29.6 Å². The highest BCUT2D eigenvalue weighted by atomic mass is 15.3. The summed E-state index contributed by atoms with van der Waals surface area (Å²) >= 11 is 0. The predicted octanol–water partition coefficient (Wildman–Crippen LogP) is 3.60. The molecule has 2 atom stereocenters. The first-order valence-electron chi connectivity index (χ1n) is 8.12. The Balaban J connectivity index is 1.83. The molecule has 0 spiro atoms. The van der Waals surface area contributed by atoms with Gasteiger partial charge < -0.3 is 5.32 Å². The van der Waals surface area contributed by atoms with E-state index in [-0.39, 0.29) is 5.54 Å². The minimum absolute atomic E-state index is 0.225. The molecule has 0 aromatic heterocycles. The first kappa shape index (κ1) is 14.1. The summed E-state index contributed by atoms with van der Waals surface area (Å²) < 4.78 is 0. The highest BCUT2D eigenvalue weighted by Gasteiger charge is 2.39. The fourth-order valence-corrected chi connectivity index (χ4v) is 3.72. The summed E-state index contributed by atoms with van der Waals surface area (Å²) in [5, 5.41) is 3.73. The highest BCUT2D eigenvalue weighted by Crippen LogP contribution is 2.37. The van der Waals surface area contributed by atoms with E-state index in [9.17, 15) is 0 Å². The van der Waals surface area contributed by atoms with Crippen molar-refractivity contribution in [2.24, 2.45) is 5.92 Å². The molecule has 0 radical (unpaired) electrons. The fraction of sp³-hybridized carbons (Fsp3) is 0.667. The molecule has 20 heavy (non-hydrogen) atoms. The summed E-state index contributed by atoms with van der Waals surface area (Å²) in [4.78, 5) is 2.76. The van der Waals surface area contributed by atoms with Crippen molar-refractivity contribution in [3.63, 3.8) is 0 Å². The molecule has 1 saturated heterocycles. The van der Waals surface area contributed by atoms with E-state index in [0.717, 1.165) is 19.0 Å². The third-order valence-electron chi connectivity index (χ3n) is 5.29. The topological polar surface area (TPSA) is 15.3 Å². The van der Waals surface area contributed by atoms with Gasteiger partial charge >= 0.3 is 0 Å². The summed E-state index contributed by atoms with van der Waals surface area (Å²) in [7, 11) is 0. The second-order valence-corrected chi connectivity index (χ2v) is 7.30. The van der Waals surface area contributed by atoms with Crippen molar-refractivity contribution >= 4 is 0 Å². The SMILES string of the molecule is CC(C1CCC1)N1CC(C)(C)NCC1c1ccccc1. The molecule has 1 aliphatic heterocycles. The lowest BCUT2D eigenvalue weighted by Crippen LogP contribution is -2.61. The summed E-state index contributed by atoms with van der Waals surface area (Å²) in [5.41, 5.74) is 1.69. The van der Waals surface area contributed by atoms with Crippen LogP contribution in [0.3, 0.4) is 0 Å². The lowest BCUT2D eigenvalue weighted by atomic mass is 9.78. The van der Waals surface area contributed by atoms with Gasteiger partial charge in [-0.2, -0.15) is 0 Å². The van der Waals surface area contributed by atoms with Gasteiger partial charge in [-0.3, -0.25) is 4.90 Å². The standard InChI is InChI=1S/C18H28N2/c1-14(15-10-7-11-15)20-13-18(2,3)19-12-17(20)16-8-5-4-6-9-16/h4-6,8-9,14-15,17,19H,7,10-13H2,1-3H3. The van der Waals surface area contributed by atoms with Gasteiger partial charge in [0, 0.05) is 30.7 Å². The zero-order valence-corrected chi connectivity index (χ0v) is 13.1. The predicted molar refractivity (Wildman–Crippen MR) is 84.8 cm³/mol. The van der Waals surface area contributed by atoms with Crippen LogP contribution in [0.1, 0.15) is 51.6 Å². The normalized spacial score (nSPS) is 28.9. The average Bonchev–Trinajstić information content (AvgIpc) is 2.36. The van der Waals surface area contributed by atoms with Gasteiger partial charge in [0.1, 0.15) is 0 Å². The Bertz CT molecular complexity index is 436. The number of benzene rings is 1. The minimum atomic E-state index is 0.225. The molecule has 0 bridgehead atoms. The van der Waals surface area contributed by atoms with Crippen molar-refractivity contribution in [3.05, 3.63) is 35.9 Å². The van der Waals surface area contributed by atoms with Gasteiger partial charge in [-0.25, -0.2) is 0 Å². The summed E-state index contributed by atoms with van der Waals surface area (Å²) in [6.45, 7) is 9.31. The van der Waals surface area contributed by atoms with Gasteiger partial charge in [0.25, 0.3) is 0 Å². The monoisotopic (exact) mass is 272 g/mol. The molecule has 1 aromatic carbocycles. The Labute approximate surface area is 123 Å². The van der Waals surface area contributed by atoms with E-state index >= 15 is 0 Å². The van der Waals surface area contributed by atoms with Crippen molar-refractivity contribution in [1.29, 1.82) is 0 Å². The number of nitrogens with one attached hydrogen (secondary N) is 1. The molecule has 2 nitrogen and oxygen atoms in total. The quantitative estimate of drug-likeness (QED) is 0.904. The van der Waals surface area contributed by atoms with Crippen LogP contribution in [0.5, 0.6) is 0 Å². The van der Waals surface area contributed by atoms with Crippen LogP contribution in [0.2, 0.25) is 0 Å². The maximum atomic E-state index is 3.73. The molecule has 1 heterocycles. The van der Waals surface area contributed by atoms with Crippen LogP contribution in [0, 0.1) is 5.92 Å². The maximum Gasteiger partial charge on any atom is 0.0476 e. The van der Waals surface area contributed by atoms with Crippen molar-refractivity contribution in [2.75, 3.05) is 13.1 Å². The van der Waals surface area contributed by atoms with Gasteiger partial charge in [0.05, 0.1) is 0 Å². The van der Waals surface area contributed by atoms with E-state index in [4.69, 9.17) is 0 Å². The van der Waals surface area contributed by atoms with Gasteiger partial charge in [0.2, 0.25) is 0 Å². The van der Waals surface area contributed by atoms with E-state index in [1.54, 1.807) is 0 Å². The first-order chi connectivity index (χ1) is 9.57. The number of hydrogen-bond acceptors (Lipinski definition) is 2. The molecule has 1 aliphatic carbocycles. The second-order valence-electron chi connectivity index (χ2n) is 7.30. The third kappa shape index (κ3) is 2.77. The van der Waals surface area contributed by atoms with Gasteiger partial charge in [0.15, 0.2) is 0 Å². The van der Waals surface area contributed by atoms with E-state index in [1.165, 1.54) is 24.8 Å². The summed E-state index contributed by atoms with van der Waals surface area (Å²) in [6, 6.07) is 12.2. The number of piperazine rings is 1. The van der Waals surface area contributed by atoms with Crippen molar-refractivity contribution in [1.82, 2.24) is 10.2 Å². The molecule has 2 unspecified atom stereocenters. The molecule has 1 N–H and O–H groups in total. The molecule has 1 saturated carbocycles. The van der Waals surface area contributed by atoms with Gasteiger partial charge in [-0.15, -0.1) is 0 Å². The molecule has 110 valence electrons. The third-order valence-corrected chi connectivity index (χ3v) is 5.29. The molecular weight excluding hydrogens is 244 g/mol. The van der Waals surface area contributed by atoms with E-state index < -0.39 is 0 Å². The minimum Gasteiger partial charge on any atom is -0.309 e. The summed E-state index contributed by atoms with van der Waals surface area (Å²) in [6.07, 6.45) is 4.28. The number of rotatable bonds is 3. The molecule has 2 aliphatic rings. The number of hydrogen-bond donors (Lipinski definition) is 1. The van der Waals surface area contributed by atoms with Gasteiger partial charge in [-0.1, -0.05) is 36.8 Å².